The minimum absolute atomic E-state index is 0.0717. The summed E-state index contributed by atoms with van der Waals surface area (Å²) in [5, 5.41) is 14.9. The van der Waals surface area contributed by atoms with E-state index in [0.29, 0.717) is 50.9 Å². The number of rotatable bonds is 7. The SMILES string of the molecule is C[C](CNc1ccc([N+](=O)[O-])cn1)c1ncc(-c2ncc[nH]2)c(-c2ccc(Cl)cc2Cl)n1. The molecule has 1 radical (unpaired) electrons. The largest absolute Gasteiger partial charge is 0.369 e. The van der Waals surface area contributed by atoms with Crippen LogP contribution in [0, 0.1) is 16.0 Å². The molecule has 1 aromatic carbocycles. The molecule has 0 aliphatic heterocycles. The molecule has 4 aromatic rings. The summed E-state index contributed by atoms with van der Waals surface area (Å²) in [5.41, 5.74) is 1.93. The molecule has 0 bridgehead atoms. The second kappa shape index (κ2) is 9.29. The molecule has 32 heavy (non-hydrogen) atoms. The first kappa shape index (κ1) is 21.7. The van der Waals surface area contributed by atoms with Crippen molar-refractivity contribution in [2.75, 3.05) is 11.9 Å². The van der Waals surface area contributed by atoms with Gasteiger partial charge in [-0.2, -0.15) is 0 Å². The van der Waals surface area contributed by atoms with Gasteiger partial charge in [-0.05, 0) is 31.2 Å². The number of hydrogen-bond acceptors (Lipinski definition) is 7. The van der Waals surface area contributed by atoms with Gasteiger partial charge in [0.15, 0.2) is 0 Å². The summed E-state index contributed by atoms with van der Waals surface area (Å²) in [6.45, 7) is 2.27. The van der Waals surface area contributed by atoms with Crippen molar-refractivity contribution in [3.05, 3.63) is 87.0 Å². The lowest BCUT2D eigenvalue weighted by atomic mass is 10.0. The molecule has 0 fully saturated rings. The Bertz CT molecular complexity index is 1250. The molecule has 4 rings (SSSR count). The topological polar surface area (TPSA) is 123 Å². The maximum Gasteiger partial charge on any atom is 0.287 e. The zero-order chi connectivity index (χ0) is 22.7. The molecule has 2 N–H and O–H groups in total. The molecule has 161 valence electrons. The lowest BCUT2D eigenvalue weighted by Gasteiger charge is -2.15. The van der Waals surface area contributed by atoms with Crippen molar-refractivity contribution in [1.29, 1.82) is 0 Å². The highest BCUT2D eigenvalue weighted by atomic mass is 35.5. The number of pyridine rings is 1. The number of H-pyrrole nitrogens is 1. The Hall–Kier alpha value is -3.56. The molecule has 0 atom stereocenters. The summed E-state index contributed by atoms with van der Waals surface area (Å²) >= 11 is 12.5. The van der Waals surface area contributed by atoms with Crippen LogP contribution in [0.25, 0.3) is 22.6 Å². The zero-order valence-electron chi connectivity index (χ0n) is 16.7. The van der Waals surface area contributed by atoms with Gasteiger partial charge in [0.05, 0.1) is 27.1 Å². The third kappa shape index (κ3) is 4.68. The van der Waals surface area contributed by atoms with Gasteiger partial charge in [0.2, 0.25) is 0 Å². The maximum atomic E-state index is 10.8. The first-order chi connectivity index (χ1) is 15.4. The van der Waals surface area contributed by atoms with Crippen LogP contribution >= 0.6 is 23.2 Å². The number of imidazole rings is 1. The quantitative estimate of drug-likeness (QED) is 0.282. The number of anilines is 1. The van der Waals surface area contributed by atoms with Crippen LogP contribution in [0.3, 0.4) is 0 Å². The molecule has 0 aliphatic carbocycles. The third-order valence-corrected chi connectivity index (χ3v) is 5.15. The Morgan fingerprint density at radius 2 is 1.97 bits per heavy atom. The van der Waals surface area contributed by atoms with Gasteiger partial charge in [-0.3, -0.25) is 10.1 Å². The van der Waals surface area contributed by atoms with Gasteiger partial charge in [-0.15, -0.1) is 0 Å². The number of aromatic amines is 1. The summed E-state index contributed by atoms with van der Waals surface area (Å²) in [7, 11) is 0. The van der Waals surface area contributed by atoms with Crippen molar-refractivity contribution < 1.29 is 4.92 Å². The highest BCUT2D eigenvalue weighted by Crippen LogP contribution is 2.35. The summed E-state index contributed by atoms with van der Waals surface area (Å²) in [5.74, 6) is 2.46. The van der Waals surface area contributed by atoms with Crippen molar-refractivity contribution >= 4 is 34.7 Å². The van der Waals surface area contributed by atoms with Crippen LogP contribution in [0.4, 0.5) is 11.5 Å². The fraction of sp³-hybridized carbons (Fsp3) is 0.0952. The Labute approximate surface area is 193 Å². The van der Waals surface area contributed by atoms with E-state index in [9.17, 15) is 10.1 Å². The Morgan fingerprint density at radius 3 is 2.62 bits per heavy atom. The van der Waals surface area contributed by atoms with Gasteiger partial charge < -0.3 is 10.3 Å². The standard InChI is InChI=1S/C21H16Cl2N7O2/c1-12(9-26-18-5-3-14(10-27-18)30(31)32)20-28-11-16(21-24-6-7-25-21)19(29-20)15-4-2-13(22)8-17(15)23/h2-8,10-11H,9H2,1H3,(H,24,25)(H,26,27). The molecule has 0 spiro atoms. The molecule has 11 heteroatoms. The molecule has 9 nitrogen and oxygen atoms in total. The van der Waals surface area contributed by atoms with Gasteiger partial charge in [-0.1, -0.05) is 23.2 Å². The van der Waals surface area contributed by atoms with Gasteiger partial charge in [0.25, 0.3) is 5.69 Å². The van der Waals surface area contributed by atoms with E-state index < -0.39 is 4.92 Å². The molecular formula is C21H16Cl2N7O2. The van der Waals surface area contributed by atoms with E-state index in [1.54, 1.807) is 42.9 Å². The molecule has 3 heterocycles. The smallest absolute Gasteiger partial charge is 0.287 e. The predicted octanol–water partition coefficient (Wildman–Crippen LogP) is 5.20. The van der Waals surface area contributed by atoms with E-state index >= 15 is 0 Å². The minimum Gasteiger partial charge on any atom is -0.369 e. The van der Waals surface area contributed by atoms with Crippen molar-refractivity contribution in [1.82, 2.24) is 24.9 Å². The second-order valence-electron chi connectivity index (χ2n) is 6.81. The average molecular weight is 469 g/mol. The lowest BCUT2D eigenvalue weighted by molar-refractivity contribution is -0.385. The molecule has 0 unspecified atom stereocenters. The molecule has 0 amide bonds. The van der Waals surface area contributed by atoms with Crippen LogP contribution < -0.4 is 5.32 Å². The summed E-state index contributed by atoms with van der Waals surface area (Å²) in [4.78, 5) is 30.9. The number of nitrogens with zero attached hydrogens (tertiary/aromatic N) is 5. The molecule has 3 aromatic heterocycles. The van der Waals surface area contributed by atoms with Gasteiger partial charge in [0.1, 0.15) is 23.7 Å². The number of nitro groups is 1. The Balaban J connectivity index is 1.62. The second-order valence-corrected chi connectivity index (χ2v) is 7.65. The lowest BCUT2D eigenvalue weighted by Crippen LogP contribution is -2.15. The first-order valence-corrected chi connectivity index (χ1v) is 10.2. The Kier molecular flexibility index (Phi) is 6.29. The molecule has 0 saturated heterocycles. The normalized spacial score (nSPS) is 11.0. The summed E-state index contributed by atoms with van der Waals surface area (Å²) < 4.78 is 0. The fourth-order valence-electron chi connectivity index (χ4n) is 2.96. The predicted molar refractivity (Wildman–Crippen MR) is 122 cm³/mol. The average Bonchev–Trinajstić information content (AvgIpc) is 3.32. The van der Waals surface area contributed by atoms with Gasteiger partial charge in [-0.25, -0.2) is 19.9 Å². The van der Waals surface area contributed by atoms with Crippen LogP contribution in [0.5, 0.6) is 0 Å². The number of hydrogen-bond donors (Lipinski definition) is 2. The van der Waals surface area contributed by atoms with E-state index in [4.69, 9.17) is 28.2 Å². The van der Waals surface area contributed by atoms with Crippen LogP contribution in [-0.2, 0) is 0 Å². The number of nitrogens with one attached hydrogen (secondary N) is 2. The number of aromatic nitrogens is 5. The first-order valence-electron chi connectivity index (χ1n) is 9.41. The molecular weight excluding hydrogens is 453 g/mol. The van der Waals surface area contributed by atoms with Crippen molar-refractivity contribution in [3.63, 3.8) is 0 Å². The minimum atomic E-state index is -0.494. The van der Waals surface area contributed by atoms with Crippen LogP contribution in [0.15, 0.2) is 55.1 Å². The van der Waals surface area contributed by atoms with Crippen molar-refractivity contribution in [2.45, 2.75) is 6.92 Å². The van der Waals surface area contributed by atoms with Crippen molar-refractivity contribution in [2.24, 2.45) is 0 Å². The van der Waals surface area contributed by atoms with E-state index in [0.717, 1.165) is 5.92 Å². The third-order valence-electron chi connectivity index (χ3n) is 4.60. The van der Waals surface area contributed by atoms with Crippen LogP contribution in [0.1, 0.15) is 12.7 Å². The van der Waals surface area contributed by atoms with Gasteiger partial charge in [0, 0.05) is 41.8 Å². The highest BCUT2D eigenvalue weighted by Gasteiger charge is 2.19. The van der Waals surface area contributed by atoms with E-state index in [1.165, 1.54) is 12.3 Å². The van der Waals surface area contributed by atoms with Crippen LogP contribution in [0.2, 0.25) is 10.0 Å². The highest BCUT2D eigenvalue weighted by molar-refractivity contribution is 6.36. The fourth-order valence-corrected chi connectivity index (χ4v) is 3.46. The summed E-state index contributed by atoms with van der Waals surface area (Å²) in [6, 6.07) is 8.14. The monoisotopic (exact) mass is 468 g/mol. The van der Waals surface area contributed by atoms with E-state index in [2.05, 4.69) is 25.3 Å². The zero-order valence-corrected chi connectivity index (χ0v) is 18.2. The Morgan fingerprint density at radius 1 is 1.12 bits per heavy atom. The number of halogens is 2. The number of benzene rings is 1. The van der Waals surface area contributed by atoms with E-state index in [1.807, 2.05) is 6.92 Å². The van der Waals surface area contributed by atoms with Crippen molar-refractivity contribution in [3.8, 4) is 22.6 Å². The van der Waals surface area contributed by atoms with Crippen LogP contribution in [-0.4, -0.2) is 36.4 Å². The van der Waals surface area contributed by atoms with E-state index in [-0.39, 0.29) is 5.69 Å². The molecule has 0 saturated carbocycles. The molecule has 0 aliphatic rings. The maximum absolute atomic E-state index is 10.8. The summed E-state index contributed by atoms with van der Waals surface area (Å²) in [6.07, 6.45) is 6.26. The van der Waals surface area contributed by atoms with Gasteiger partial charge >= 0.3 is 0 Å².